The van der Waals surface area contributed by atoms with Gasteiger partial charge in [0.15, 0.2) is 5.78 Å². The number of allylic oxidation sites excluding steroid dienone is 1. The maximum atomic E-state index is 11.4. The first-order chi connectivity index (χ1) is 5.79. The van der Waals surface area contributed by atoms with E-state index in [1.165, 1.54) is 6.42 Å². The molecule has 0 aliphatic heterocycles. The Balaban J connectivity index is 2.27. The molecule has 0 spiro atoms. The second kappa shape index (κ2) is 3.02. The van der Waals surface area contributed by atoms with Crippen LogP contribution >= 0.6 is 0 Å². The summed E-state index contributed by atoms with van der Waals surface area (Å²) in [4.78, 5) is 11.4. The van der Waals surface area contributed by atoms with Gasteiger partial charge in [-0.2, -0.15) is 0 Å². The predicted octanol–water partition coefficient (Wildman–Crippen LogP) is 1.58. The molecule has 1 unspecified atom stereocenters. The maximum absolute atomic E-state index is 11.4. The molecule has 2 aliphatic carbocycles. The standard InChI is InChI=1S/C10H14O2/c11-9-6-10(12)8-5-3-1-2-4-7(8)9/h9,11H,1-6H2. The van der Waals surface area contributed by atoms with Gasteiger partial charge in [0.2, 0.25) is 0 Å². The van der Waals surface area contributed by atoms with Crippen molar-refractivity contribution < 1.29 is 9.90 Å². The lowest BCUT2D eigenvalue weighted by Gasteiger charge is -2.05. The Kier molecular flexibility index (Phi) is 2.01. The quantitative estimate of drug-likeness (QED) is 0.593. The highest BCUT2D eigenvalue weighted by atomic mass is 16.3. The van der Waals surface area contributed by atoms with Crippen molar-refractivity contribution >= 4 is 5.78 Å². The number of hydrogen-bond acceptors (Lipinski definition) is 2. The molecule has 0 bridgehead atoms. The van der Waals surface area contributed by atoms with E-state index in [1.807, 2.05) is 0 Å². The van der Waals surface area contributed by atoms with E-state index >= 15 is 0 Å². The van der Waals surface area contributed by atoms with E-state index in [-0.39, 0.29) is 5.78 Å². The monoisotopic (exact) mass is 166 g/mol. The molecule has 66 valence electrons. The lowest BCUT2D eigenvalue weighted by atomic mass is 10.1. The van der Waals surface area contributed by atoms with Crippen molar-refractivity contribution in [3.8, 4) is 0 Å². The van der Waals surface area contributed by atoms with E-state index in [9.17, 15) is 9.90 Å². The highest BCUT2D eigenvalue weighted by Crippen LogP contribution is 2.33. The fourth-order valence-electron chi connectivity index (χ4n) is 2.21. The zero-order valence-electron chi connectivity index (χ0n) is 7.18. The van der Waals surface area contributed by atoms with E-state index in [2.05, 4.69) is 0 Å². The number of aliphatic hydroxyl groups excluding tert-OH is 1. The lowest BCUT2D eigenvalue weighted by molar-refractivity contribution is -0.116. The van der Waals surface area contributed by atoms with E-state index in [0.717, 1.165) is 36.8 Å². The number of hydrogen-bond donors (Lipinski definition) is 1. The fraction of sp³-hybridized carbons (Fsp3) is 0.700. The highest BCUT2D eigenvalue weighted by Gasteiger charge is 2.30. The van der Waals surface area contributed by atoms with Crippen molar-refractivity contribution in [2.45, 2.75) is 44.6 Å². The number of ketones is 1. The molecule has 0 saturated heterocycles. The van der Waals surface area contributed by atoms with Gasteiger partial charge in [-0.25, -0.2) is 0 Å². The number of carbonyl (C=O) groups excluding carboxylic acids is 1. The zero-order chi connectivity index (χ0) is 8.55. The molecule has 0 aromatic carbocycles. The van der Waals surface area contributed by atoms with Crippen LogP contribution in [0.3, 0.4) is 0 Å². The number of aliphatic hydroxyl groups is 1. The summed E-state index contributed by atoms with van der Waals surface area (Å²) in [5.74, 6) is 0.194. The number of carbonyl (C=O) groups is 1. The van der Waals surface area contributed by atoms with Crippen LogP contribution < -0.4 is 0 Å². The second-order valence-corrected chi connectivity index (χ2v) is 3.71. The predicted molar refractivity (Wildman–Crippen MR) is 45.7 cm³/mol. The van der Waals surface area contributed by atoms with Crippen LogP contribution in [0.1, 0.15) is 38.5 Å². The Bertz CT molecular complexity index is 240. The van der Waals surface area contributed by atoms with E-state index in [1.54, 1.807) is 0 Å². The molecule has 1 N–H and O–H groups in total. The maximum Gasteiger partial charge on any atom is 0.161 e. The molecule has 2 aliphatic rings. The number of Topliss-reactive ketones (excluding diaryl/α,β-unsaturated/α-hetero) is 1. The van der Waals surface area contributed by atoms with Gasteiger partial charge in [-0.1, -0.05) is 6.42 Å². The molecule has 0 heterocycles. The average molecular weight is 166 g/mol. The van der Waals surface area contributed by atoms with Gasteiger partial charge in [0.05, 0.1) is 6.10 Å². The molecule has 2 heteroatoms. The van der Waals surface area contributed by atoms with Crippen LogP contribution in [-0.4, -0.2) is 17.0 Å². The van der Waals surface area contributed by atoms with E-state index in [4.69, 9.17) is 0 Å². The van der Waals surface area contributed by atoms with Crippen LogP contribution in [0.15, 0.2) is 11.1 Å². The molecule has 12 heavy (non-hydrogen) atoms. The highest BCUT2D eigenvalue weighted by molar-refractivity contribution is 5.99. The number of rotatable bonds is 0. The third kappa shape index (κ3) is 1.20. The van der Waals surface area contributed by atoms with Crippen LogP contribution in [0, 0.1) is 0 Å². The van der Waals surface area contributed by atoms with Gasteiger partial charge in [-0.05, 0) is 36.8 Å². The van der Waals surface area contributed by atoms with Gasteiger partial charge in [-0.3, -0.25) is 4.79 Å². The molecule has 0 aromatic rings. The average Bonchev–Trinajstić information content (AvgIpc) is 2.29. The first kappa shape index (κ1) is 7.99. The third-order valence-electron chi connectivity index (χ3n) is 2.88. The van der Waals surface area contributed by atoms with Crippen LogP contribution in [0.25, 0.3) is 0 Å². The second-order valence-electron chi connectivity index (χ2n) is 3.71. The summed E-state index contributed by atoms with van der Waals surface area (Å²) in [5.41, 5.74) is 2.01. The van der Waals surface area contributed by atoms with Gasteiger partial charge < -0.3 is 5.11 Å². The minimum atomic E-state index is -0.439. The summed E-state index contributed by atoms with van der Waals surface area (Å²) in [5, 5.41) is 9.54. The molecule has 0 fully saturated rings. The SMILES string of the molecule is O=C1CC(O)C2=C1CCCCC2. The lowest BCUT2D eigenvalue weighted by Crippen LogP contribution is -2.06. The van der Waals surface area contributed by atoms with Crippen LogP contribution in [-0.2, 0) is 4.79 Å². The summed E-state index contributed by atoms with van der Waals surface area (Å²) in [6.07, 6.45) is 5.23. The van der Waals surface area contributed by atoms with Crippen molar-refractivity contribution in [2.24, 2.45) is 0 Å². The minimum absolute atomic E-state index is 0.194. The topological polar surface area (TPSA) is 37.3 Å². The fourth-order valence-corrected chi connectivity index (χ4v) is 2.21. The zero-order valence-corrected chi connectivity index (χ0v) is 7.18. The summed E-state index contributed by atoms with van der Waals surface area (Å²) in [6.45, 7) is 0. The summed E-state index contributed by atoms with van der Waals surface area (Å²) in [7, 11) is 0. The van der Waals surface area contributed by atoms with Crippen molar-refractivity contribution in [2.75, 3.05) is 0 Å². The van der Waals surface area contributed by atoms with E-state index < -0.39 is 6.10 Å². The molecule has 0 amide bonds. The Labute approximate surface area is 72.3 Å². The first-order valence-corrected chi connectivity index (χ1v) is 4.72. The van der Waals surface area contributed by atoms with Gasteiger partial charge in [0.25, 0.3) is 0 Å². The molecular weight excluding hydrogens is 152 g/mol. The summed E-state index contributed by atoms with van der Waals surface area (Å²) in [6, 6.07) is 0. The summed E-state index contributed by atoms with van der Waals surface area (Å²) < 4.78 is 0. The van der Waals surface area contributed by atoms with Crippen LogP contribution in [0.5, 0.6) is 0 Å². The van der Waals surface area contributed by atoms with Gasteiger partial charge >= 0.3 is 0 Å². The molecular formula is C10H14O2. The molecule has 2 nitrogen and oxygen atoms in total. The van der Waals surface area contributed by atoms with Crippen molar-refractivity contribution in [1.82, 2.24) is 0 Å². The minimum Gasteiger partial charge on any atom is -0.388 e. The van der Waals surface area contributed by atoms with Crippen molar-refractivity contribution in [3.63, 3.8) is 0 Å². The van der Waals surface area contributed by atoms with Crippen molar-refractivity contribution in [3.05, 3.63) is 11.1 Å². The van der Waals surface area contributed by atoms with Crippen LogP contribution in [0.2, 0.25) is 0 Å². The van der Waals surface area contributed by atoms with Gasteiger partial charge in [-0.15, -0.1) is 0 Å². The first-order valence-electron chi connectivity index (χ1n) is 4.72. The summed E-state index contributed by atoms with van der Waals surface area (Å²) >= 11 is 0. The van der Waals surface area contributed by atoms with Crippen molar-refractivity contribution in [1.29, 1.82) is 0 Å². The third-order valence-corrected chi connectivity index (χ3v) is 2.88. The Morgan fingerprint density at radius 3 is 2.75 bits per heavy atom. The molecule has 0 saturated carbocycles. The smallest absolute Gasteiger partial charge is 0.161 e. The van der Waals surface area contributed by atoms with E-state index in [0.29, 0.717) is 6.42 Å². The Morgan fingerprint density at radius 1 is 1.17 bits per heavy atom. The Morgan fingerprint density at radius 2 is 1.92 bits per heavy atom. The molecule has 2 rings (SSSR count). The Hall–Kier alpha value is -0.630. The molecule has 0 radical (unpaired) electrons. The molecule has 0 aromatic heterocycles. The van der Waals surface area contributed by atoms with Gasteiger partial charge in [0, 0.05) is 6.42 Å². The largest absolute Gasteiger partial charge is 0.388 e. The van der Waals surface area contributed by atoms with Crippen LogP contribution in [0.4, 0.5) is 0 Å². The van der Waals surface area contributed by atoms with Gasteiger partial charge in [0.1, 0.15) is 0 Å². The molecule has 1 atom stereocenters. The normalized spacial score (nSPS) is 30.4.